The molecular weight excluding hydrogens is 288 g/mol. The van der Waals surface area contributed by atoms with E-state index in [-0.39, 0.29) is 19.0 Å². The number of rotatable bonds is 9. The maximum Gasteiger partial charge on any atom is 0.317 e. The second kappa shape index (κ2) is 9.62. The van der Waals surface area contributed by atoms with Gasteiger partial charge in [-0.05, 0) is 17.7 Å². The third-order valence-corrected chi connectivity index (χ3v) is 2.93. The van der Waals surface area contributed by atoms with E-state index in [1.165, 1.54) is 4.90 Å². The van der Waals surface area contributed by atoms with Crippen molar-refractivity contribution in [3.05, 3.63) is 29.8 Å². The first-order valence-electron chi connectivity index (χ1n) is 6.94. The van der Waals surface area contributed by atoms with Crippen molar-refractivity contribution in [2.75, 3.05) is 33.9 Å². The number of ether oxygens (including phenoxy) is 2. The lowest BCUT2D eigenvalue weighted by Gasteiger charge is -2.17. The number of nitrogens with zero attached hydrogens (tertiary/aromatic N) is 1. The van der Waals surface area contributed by atoms with Crippen LogP contribution in [-0.4, -0.2) is 55.9 Å². The van der Waals surface area contributed by atoms with E-state index in [0.717, 1.165) is 11.3 Å². The molecule has 1 aromatic carbocycles. The van der Waals surface area contributed by atoms with Crippen LogP contribution >= 0.6 is 0 Å². The number of methoxy groups -OCH3 is 1. The van der Waals surface area contributed by atoms with Crippen molar-refractivity contribution in [2.45, 2.75) is 13.0 Å². The number of carbonyl (C=O) groups is 2. The van der Waals surface area contributed by atoms with Gasteiger partial charge in [0, 0.05) is 27.2 Å². The van der Waals surface area contributed by atoms with E-state index in [0.29, 0.717) is 19.8 Å². The summed E-state index contributed by atoms with van der Waals surface area (Å²) < 4.78 is 10.3. The van der Waals surface area contributed by atoms with E-state index >= 15 is 0 Å². The van der Waals surface area contributed by atoms with Crippen LogP contribution in [0.2, 0.25) is 0 Å². The average molecular weight is 310 g/mol. The summed E-state index contributed by atoms with van der Waals surface area (Å²) in [5.41, 5.74) is 0.930. The monoisotopic (exact) mass is 310 g/mol. The normalized spacial score (nSPS) is 10.1. The smallest absolute Gasteiger partial charge is 0.317 e. The first-order valence-corrected chi connectivity index (χ1v) is 6.94. The van der Waals surface area contributed by atoms with Gasteiger partial charge in [0.25, 0.3) is 0 Å². The number of aliphatic carboxylic acids is 1. The molecule has 0 fully saturated rings. The fourth-order valence-electron chi connectivity index (χ4n) is 1.62. The highest BCUT2D eigenvalue weighted by Crippen LogP contribution is 2.12. The largest absolute Gasteiger partial charge is 0.491 e. The van der Waals surface area contributed by atoms with Crippen LogP contribution in [0.4, 0.5) is 4.79 Å². The molecule has 122 valence electrons. The van der Waals surface area contributed by atoms with Gasteiger partial charge in [0.05, 0.1) is 13.0 Å². The lowest BCUT2D eigenvalue weighted by atomic mass is 10.2. The quantitative estimate of drug-likeness (QED) is 0.672. The molecule has 0 heterocycles. The number of nitrogens with one attached hydrogen (secondary N) is 1. The van der Waals surface area contributed by atoms with E-state index in [2.05, 4.69) is 5.32 Å². The number of carboxylic acid groups (broad SMARTS) is 1. The zero-order valence-corrected chi connectivity index (χ0v) is 12.9. The Kier molecular flexibility index (Phi) is 7.77. The molecule has 0 aromatic heterocycles. The summed E-state index contributed by atoms with van der Waals surface area (Å²) >= 11 is 0. The highest BCUT2D eigenvalue weighted by Gasteiger charge is 2.09. The molecule has 1 aromatic rings. The van der Waals surface area contributed by atoms with Crippen LogP contribution in [0.1, 0.15) is 12.0 Å². The zero-order valence-electron chi connectivity index (χ0n) is 12.9. The summed E-state index contributed by atoms with van der Waals surface area (Å²) in [7, 11) is 3.17. The number of hydrogen-bond donors (Lipinski definition) is 2. The van der Waals surface area contributed by atoms with Crippen LogP contribution in [0.15, 0.2) is 24.3 Å². The Bertz CT molecular complexity index is 475. The lowest BCUT2D eigenvalue weighted by Crippen LogP contribution is -2.37. The van der Waals surface area contributed by atoms with Gasteiger partial charge in [0.1, 0.15) is 12.4 Å². The molecule has 0 atom stereocenters. The molecule has 7 nitrogen and oxygen atoms in total. The van der Waals surface area contributed by atoms with E-state index in [1.807, 2.05) is 24.3 Å². The SMILES string of the molecule is COCCOc1ccc(CNC(=O)N(C)CCC(=O)O)cc1. The van der Waals surface area contributed by atoms with Gasteiger partial charge < -0.3 is 24.8 Å². The Morgan fingerprint density at radius 1 is 1.23 bits per heavy atom. The minimum Gasteiger partial charge on any atom is -0.491 e. The van der Waals surface area contributed by atoms with Crippen LogP contribution in [0.5, 0.6) is 5.75 Å². The number of carbonyl (C=O) groups excluding carboxylic acids is 1. The molecule has 7 heteroatoms. The summed E-state index contributed by atoms with van der Waals surface area (Å²) in [4.78, 5) is 23.6. The molecule has 1 rings (SSSR count). The summed E-state index contributed by atoms with van der Waals surface area (Å²) in [6.45, 7) is 1.56. The number of amides is 2. The van der Waals surface area contributed by atoms with Crippen molar-refractivity contribution in [1.29, 1.82) is 0 Å². The van der Waals surface area contributed by atoms with Crippen LogP contribution in [0.3, 0.4) is 0 Å². The van der Waals surface area contributed by atoms with Gasteiger partial charge in [0.2, 0.25) is 0 Å². The van der Waals surface area contributed by atoms with Gasteiger partial charge in [-0.15, -0.1) is 0 Å². The maximum atomic E-state index is 11.8. The van der Waals surface area contributed by atoms with Gasteiger partial charge in [0.15, 0.2) is 0 Å². The molecule has 22 heavy (non-hydrogen) atoms. The Morgan fingerprint density at radius 2 is 1.91 bits per heavy atom. The topological polar surface area (TPSA) is 88.1 Å². The van der Waals surface area contributed by atoms with Crippen molar-refractivity contribution in [2.24, 2.45) is 0 Å². The molecule has 0 saturated heterocycles. The fraction of sp³-hybridized carbons (Fsp3) is 0.467. The first kappa shape index (κ1) is 17.8. The van der Waals surface area contributed by atoms with Crippen molar-refractivity contribution in [3.63, 3.8) is 0 Å². The molecule has 0 aliphatic rings. The summed E-state index contributed by atoms with van der Waals surface area (Å²) in [6, 6.07) is 7.07. The van der Waals surface area contributed by atoms with Crippen molar-refractivity contribution in [3.8, 4) is 5.75 Å². The molecular formula is C15H22N2O5. The predicted octanol–water partition coefficient (Wildman–Crippen LogP) is 1.33. The number of benzene rings is 1. The minimum atomic E-state index is -0.927. The number of urea groups is 1. The molecule has 0 spiro atoms. The Balaban J connectivity index is 2.34. The van der Waals surface area contributed by atoms with Gasteiger partial charge in [-0.3, -0.25) is 4.79 Å². The molecule has 0 aliphatic heterocycles. The van der Waals surface area contributed by atoms with Crippen molar-refractivity contribution < 1.29 is 24.2 Å². The average Bonchev–Trinajstić information content (AvgIpc) is 2.51. The number of carboxylic acids is 1. The van der Waals surface area contributed by atoms with Crippen LogP contribution in [0.25, 0.3) is 0 Å². The molecule has 0 saturated carbocycles. The molecule has 0 radical (unpaired) electrons. The highest BCUT2D eigenvalue weighted by molar-refractivity contribution is 5.75. The summed E-state index contributed by atoms with van der Waals surface area (Å²) in [6.07, 6.45) is -0.0720. The van der Waals surface area contributed by atoms with Crippen LogP contribution in [0, 0.1) is 0 Å². The molecule has 0 bridgehead atoms. The van der Waals surface area contributed by atoms with Gasteiger partial charge in [-0.25, -0.2) is 4.79 Å². The van der Waals surface area contributed by atoms with Gasteiger partial charge in [-0.2, -0.15) is 0 Å². The van der Waals surface area contributed by atoms with E-state index in [4.69, 9.17) is 14.6 Å². The Labute approximate surface area is 129 Å². The Morgan fingerprint density at radius 3 is 2.50 bits per heavy atom. The second-order valence-electron chi connectivity index (χ2n) is 4.71. The molecule has 2 amide bonds. The number of hydrogen-bond acceptors (Lipinski definition) is 4. The van der Waals surface area contributed by atoms with Crippen molar-refractivity contribution in [1.82, 2.24) is 10.2 Å². The van der Waals surface area contributed by atoms with E-state index in [9.17, 15) is 9.59 Å². The van der Waals surface area contributed by atoms with Crippen LogP contribution in [-0.2, 0) is 16.1 Å². The maximum absolute atomic E-state index is 11.8. The van der Waals surface area contributed by atoms with Crippen molar-refractivity contribution >= 4 is 12.0 Å². The standard InChI is InChI=1S/C15H22N2O5/c1-17(8-7-14(18)19)15(20)16-11-12-3-5-13(6-4-12)22-10-9-21-2/h3-6H,7-11H2,1-2H3,(H,16,20)(H,18,19). The molecule has 0 unspecified atom stereocenters. The second-order valence-corrected chi connectivity index (χ2v) is 4.71. The molecule has 0 aliphatic carbocycles. The van der Waals surface area contributed by atoms with Crippen LogP contribution < -0.4 is 10.1 Å². The Hall–Kier alpha value is -2.28. The third-order valence-electron chi connectivity index (χ3n) is 2.93. The molecule has 2 N–H and O–H groups in total. The first-order chi connectivity index (χ1) is 10.5. The van der Waals surface area contributed by atoms with Gasteiger partial charge in [-0.1, -0.05) is 12.1 Å². The summed E-state index contributed by atoms with van der Waals surface area (Å²) in [5, 5.41) is 11.3. The zero-order chi connectivity index (χ0) is 16.4. The summed E-state index contributed by atoms with van der Waals surface area (Å²) in [5.74, 6) is -0.186. The fourth-order valence-corrected chi connectivity index (χ4v) is 1.62. The van der Waals surface area contributed by atoms with Gasteiger partial charge >= 0.3 is 12.0 Å². The predicted molar refractivity (Wildman–Crippen MR) is 80.9 cm³/mol. The highest BCUT2D eigenvalue weighted by atomic mass is 16.5. The third kappa shape index (κ3) is 6.94. The minimum absolute atomic E-state index is 0.0720. The van der Waals surface area contributed by atoms with E-state index in [1.54, 1.807) is 14.2 Å². The lowest BCUT2D eigenvalue weighted by molar-refractivity contribution is -0.137. The van der Waals surface area contributed by atoms with E-state index < -0.39 is 5.97 Å².